The Hall–Kier alpha value is -5.03. The Balaban J connectivity index is 1.46. The summed E-state index contributed by atoms with van der Waals surface area (Å²) in [5.74, 6) is -2.42. The fraction of sp³-hybridized carbons (Fsp3) is 0.133. The highest BCUT2D eigenvalue weighted by atomic mass is 19.4. The second-order valence-corrected chi connectivity index (χ2v) is 9.03. The van der Waals surface area contributed by atoms with Gasteiger partial charge in [0.1, 0.15) is 5.69 Å². The van der Waals surface area contributed by atoms with E-state index >= 15 is 0 Å². The van der Waals surface area contributed by atoms with Gasteiger partial charge < -0.3 is 19.6 Å². The number of alkyl halides is 3. The third-order valence-corrected chi connectivity index (χ3v) is 6.13. The lowest BCUT2D eigenvalue weighted by atomic mass is 10.1. The van der Waals surface area contributed by atoms with Crippen molar-refractivity contribution in [3.05, 3.63) is 108 Å². The van der Waals surface area contributed by atoms with Gasteiger partial charge in [-0.05, 0) is 42.0 Å². The quantitative estimate of drug-likeness (QED) is 0.228. The number of carbonyl (C=O) groups excluding carboxylic acids is 1. The standard InChI is InChI=1S/C30H22F3N3O5/c31-30(32,33)21-13-10-20(11-14-21)28-36-25(26(41-28)23-15-12-19-8-4-5-9-22(19)34-23)27(37)35-24(29(38)39)17-40-16-18-6-2-1-3-7-18/h1-15,24H,16-17H2,(H,35,37)(H,38,39). The molecule has 1 amide bonds. The van der Waals surface area contributed by atoms with E-state index in [2.05, 4.69) is 15.3 Å². The second kappa shape index (κ2) is 11.6. The summed E-state index contributed by atoms with van der Waals surface area (Å²) >= 11 is 0. The maximum atomic E-state index is 13.4. The summed E-state index contributed by atoms with van der Waals surface area (Å²) in [7, 11) is 0. The van der Waals surface area contributed by atoms with E-state index in [-0.39, 0.29) is 41.8 Å². The van der Waals surface area contributed by atoms with Crippen LogP contribution in [0.5, 0.6) is 0 Å². The normalized spacial score (nSPS) is 12.3. The van der Waals surface area contributed by atoms with Crippen molar-refractivity contribution in [2.45, 2.75) is 18.8 Å². The summed E-state index contributed by atoms with van der Waals surface area (Å²) in [6.07, 6.45) is -4.53. The third-order valence-electron chi connectivity index (χ3n) is 6.13. The molecule has 3 aromatic carbocycles. The Bertz CT molecular complexity index is 1690. The minimum Gasteiger partial charge on any atom is -0.480 e. The molecule has 0 fully saturated rings. The van der Waals surface area contributed by atoms with Crippen LogP contribution in [0.2, 0.25) is 0 Å². The van der Waals surface area contributed by atoms with Crippen molar-refractivity contribution in [1.82, 2.24) is 15.3 Å². The van der Waals surface area contributed by atoms with Crippen LogP contribution in [0.3, 0.4) is 0 Å². The minimum absolute atomic E-state index is 0.0718. The zero-order chi connectivity index (χ0) is 29.0. The zero-order valence-electron chi connectivity index (χ0n) is 21.3. The molecule has 1 atom stereocenters. The SMILES string of the molecule is O=C(NC(COCc1ccccc1)C(=O)O)c1nc(-c2ccc(C(F)(F)F)cc2)oc1-c1ccc2ccccc2n1. The van der Waals surface area contributed by atoms with Crippen LogP contribution in [0.15, 0.2) is 95.4 Å². The van der Waals surface area contributed by atoms with Crippen molar-refractivity contribution in [3.8, 4) is 22.9 Å². The lowest BCUT2D eigenvalue weighted by molar-refractivity contribution is -0.141. The zero-order valence-corrected chi connectivity index (χ0v) is 21.3. The van der Waals surface area contributed by atoms with Gasteiger partial charge in [-0.3, -0.25) is 4.79 Å². The molecule has 1 unspecified atom stereocenters. The lowest BCUT2D eigenvalue weighted by Gasteiger charge is -2.14. The first kappa shape index (κ1) is 27.5. The summed E-state index contributed by atoms with van der Waals surface area (Å²) in [5, 5.41) is 12.9. The summed E-state index contributed by atoms with van der Waals surface area (Å²) in [5.41, 5.74) is 0.692. The number of carbonyl (C=O) groups is 2. The molecule has 2 N–H and O–H groups in total. The number of benzene rings is 3. The van der Waals surface area contributed by atoms with Crippen molar-refractivity contribution in [3.63, 3.8) is 0 Å². The summed E-state index contributed by atoms with van der Waals surface area (Å²) < 4.78 is 50.6. The van der Waals surface area contributed by atoms with E-state index in [4.69, 9.17) is 9.15 Å². The Kier molecular flexibility index (Phi) is 7.79. The molecule has 8 nitrogen and oxygen atoms in total. The number of hydrogen-bond acceptors (Lipinski definition) is 6. The number of halogens is 3. The number of fused-ring (bicyclic) bond motifs is 1. The van der Waals surface area contributed by atoms with Crippen LogP contribution in [-0.4, -0.2) is 39.6 Å². The monoisotopic (exact) mass is 561 g/mol. The molecule has 0 saturated carbocycles. The molecule has 5 rings (SSSR count). The van der Waals surface area contributed by atoms with E-state index in [1.54, 1.807) is 24.3 Å². The molecule has 0 radical (unpaired) electrons. The number of para-hydroxylation sites is 1. The molecule has 5 aromatic rings. The number of aliphatic carboxylic acids is 1. The maximum absolute atomic E-state index is 13.4. The predicted molar refractivity (Wildman–Crippen MR) is 143 cm³/mol. The number of amides is 1. The van der Waals surface area contributed by atoms with Crippen LogP contribution in [-0.2, 0) is 22.3 Å². The molecule has 0 aliphatic rings. The van der Waals surface area contributed by atoms with E-state index < -0.39 is 29.7 Å². The number of carboxylic acid groups (broad SMARTS) is 1. The number of nitrogens with one attached hydrogen (secondary N) is 1. The summed E-state index contributed by atoms with van der Waals surface area (Å²) in [6, 6.07) is 22.4. The van der Waals surface area contributed by atoms with Gasteiger partial charge in [-0.2, -0.15) is 13.2 Å². The number of rotatable bonds is 9. The average molecular weight is 562 g/mol. The Morgan fingerprint density at radius 2 is 1.61 bits per heavy atom. The van der Waals surface area contributed by atoms with E-state index in [1.807, 2.05) is 42.5 Å². The molecule has 208 valence electrons. The average Bonchev–Trinajstić information content (AvgIpc) is 3.42. The van der Waals surface area contributed by atoms with Gasteiger partial charge >= 0.3 is 12.1 Å². The molecule has 0 aliphatic carbocycles. The Morgan fingerprint density at radius 3 is 2.32 bits per heavy atom. The van der Waals surface area contributed by atoms with Crippen LogP contribution in [0.25, 0.3) is 33.8 Å². The molecule has 11 heteroatoms. The van der Waals surface area contributed by atoms with Gasteiger partial charge in [-0.1, -0.05) is 54.6 Å². The predicted octanol–water partition coefficient (Wildman–Crippen LogP) is 5.98. The third kappa shape index (κ3) is 6.42. The Morgan fingerprint density at radius 1 is 0.902 bits per heavy atom. The van der Waals surface area contributed by atoms with Gasteiger partial charge in [0.25, 0.3) is 5.91 Å². The van der Waals surface area contributed by atoms with Crippen LogP contribution >= 0.6 is 0 Å². The number of aromatic nitrogens is 2. The minimum atomic E-state index is -4.53. The smallest absolute Gasteiger partial charge is 0.416 e. The molecule has 2 aromatic heterocycles. The fourth-order valence-electron chi connectivity index (χ4n) is 4.04. The van der Waals surface area contributed by atoms with Crippen molar-refractivity contribution in [2.75, 3.05) is 6.61 Å². The molecular formula is C30H22F3N3O5. The van der Waals surface area contributed by atoms with Gasteiger partial charge in [0.05, 0.1) is 24.3 Å². The first-order valence-electron chi connectivity index (χ1n) is 12.4. The maximum Gasteiger partial charge on any atom is 0.416 e. The van der Waals surface area contributed by atoms with Crippen LogP contribution < -0.4 is 5.32 Å². The van der Waals surface area contributed by atoms with Gasteiger partial charge in [-0.25, -0.2) is 14.8 Å². The largest absolute Gasteiger partial charge is 0.480 e. The summed E-state index contributed by atoms with van der Waals surface area (Å²) in [6.45, 7) is -0.197. The number of ether oxygens (including phenoxy) is 1. The topological polar surface area (TPSA) is 115 Å². The lowest BCUT2D eigenvalue weighted by Crippen LogP contribution is -2.44. The second-order valence-electron chi connectivity index (χ2n) is 9.03. The van der Waals surface area contributed by atoms with Crippen molar-refractivity contribution < 1.29 is 37.0 Å². The van der Waals surface area contributed by atoms with Crippen molar-refractivity contribution in [1.29, 1.82) is 0 Å². The van der Waals surface area contributed by atoms with Gasteiger partial charge in [0.15, 0.2) is 17.5 Å². The molecule has 41 heavy (non-hydrogen) atoms. The molecule has 0 bridgehead atoms. The molecule has 0 saturated heterocycles. The van der Waals surface area contributed by atoms with Gasteiger partial charge in [0, 0.05) is 10.9 Å². The highest BCUT2D eigenvalue weighted by molar-refractivity contribution is 6.00. The van der Waals surface area contributed by atoms with E-state index in [0.717, 1.165) is 23.1 Å². The van der Waals surface area contributed by atoms with E-state index in [0.29, 0.717) is 5.52 Å². The fourth-order valence-corrected chi connectivity index (χ4v) is 4.04. The summed E-state index contributed by atoms with van der Waals surface area (Å²) in [4.78, 5) is 34.0. The first-order chi connectivity index (χ1) is 19.7. The molecule has 0 spiro atoms. The van der Waals surface area contributed by atoms with Gasteiger partial charge in [-0.15, -0.1) is 0 Å². The Labute approximate surface area is 231 Å². The van der Waals surface area contributed by atoms with Crippen LogP contribution in [0.4, 0.5) is 13.2 Å². The van der Waals surface area contributed by atoms with Gasteiger partial charge in [0.2, 0.25) is 5.89 Å². The number of pyridine rings is 1. The number of hydrogen-bond donors (Lipinski definition) is 2. The van der Waals surface area contributed by atoms with E-state index in [9.17, 15) is 27.9 Å². The molecule has 2 heterocycles. The number of nitrogens with zero attached hydrogens (tertiary/aromatic N) is 2. The molecular weight excluding hydrogens is 539 g/mol. The van der Waals surface area contributed by atoms with Crippen LogP contribution in [0.1, 0.15) is 21.6 Å². The molecule has 0 aliphatic heterocycles. The number of carboxylic acids is 1. The van der Waals surface area contributed by atoms with Crippen molar-refractivity contribution in [2.24, 2.45) is 0 Å². The van der Waals surface area contributed by atoms with Crippen molar-refractivity contribution >= 4 is 22.8 Å². The highest BCUT2D eigenvalue weighted by Gasteiger charge is 2.31. The highest BCUT2D eigenvalue weighted by Crippen LogP contribution is 2.33. The van der Waals surface area contributed by atoms with Crippen LogP contribution in [0, 0.1) is 0 Å². The van der Waals surface area contributed by atoms with E-state index in [1.165, 1.54) is 12.1 Å². The first-order valence-corrected chi connectivity index (χ1v) is 12.4. The number of oxazole rings is 1.